The number of fused-ring (bicyclic) bond motifs is 2. The van der Waals surface area contributed by atoms with E-state index in [-0.39, 0.29) is 6.03 Å². The summed E-state index contributed by atoms with van der Waals surface area (Å²) < 4.78 is 0. The Balaban J connectivity index is 1.57. The first-order valence-electron chi connectivity index (χ1n) is 11.3. The number of benzene rings is 3. The van der Waals surface area contributed by atoms with Crippen molar-refractivity contribution in [1.82, 2.24) is 25.1 Å². The van der Waals surface area contributed by atoms with E-state index in [1.54, 1.807) is 11.1 Å². The average Bonchev–Trinajstić information content (AvgIpc) is 3.33. The highest BCUT2D eigenvalue weighted by atomic mass is 16.2. The Hall–Kier alpha value is -4.46. The summed E-state index contributed by atoms with van der Waals surface area (Å²) in [6.45, 7) is 5.18. The molecule has 5 rings (SSSR count). The van der Waals surface area contributed by atoms with Gasteiger partial charge in [0.25, 0.3) is 0 Å². The molecule has 0 aliphatic carbocycles. The van der Waals surface area contributed by atoms with E-state index in [1.165, 1.54) is 0 Å². The van der Waals surface area contributed by atoms with Gasteiger partial charge in [-0.25, -0.2) is 14.8 Å². The van der Waals surface area contributed by atoms with Crippen molar-refractivity contribution in [1.29, 1.82) is 0 Å². The van der Waals surface area contributed by atoms with Gasteiger partial charge in [0.2, 0.25) is 0 Å². The van der Waals surface area contributed by atoms with Gasteiger partial charge < -0.3 is 15.5 Å². The average molecular weight is 452 g/mol. The second kappa shape index (κ2) is 9.19. The zero-order chi connectivity index (χ0) is 23.5. The summed E-state index contributed by atoms with van der Waals surface area (Å²) in [6, 6.07) is 21.3. The van der Waals surface area contributed by atoms with Crippen LogP contribution in [0.1, 0.15) is 13.8 Å². The number of amides is 2. The van der Waals surface area contributed by atoms with E-state index >= 15 is 0 Å². The van der Waals surface area contributed by atoms with Crippen LogP contribution >= 0.6 is 0 Å². The highest BCUT2D eigenvalue weighted by Gasteiger charge is 2.16. The van der Waals surface area contributed by atoms with Gasteiger partial charge in [-0.15, -0.1) is 0 Å². The quantitative estimate of drug-likeness (QED) is 0.303. The maximum atomic E-state index is 12.7. The Morgan fingerprint density at radius 2 is 1.76 bits per heavy atom. The molecule has 2 heterocycles. The van der Waals surface area contributed by atoms with Gasteiger partial charge in [-0.1, -0.05) is 24.3 Å². The van der Waals surface area contributed by atoms with Gasteiger partial charge in [0.15, 0.2) is 5.82 Å². The molecule has 0 aliphatic rings. The Bertz CT molecular complexity index is 1470. The van der Waals surface area contributed by atoms with Crippen molar-refractivity contribution in [2.75, 3.05) is 23.7 Å². The molecule has 0 bridgehead atoms. The van der Waals surface area contributed by atoms with Crippen LogP contribution in [-0.2, 0) is 0 Å². The largest absolute Gasteiger partial charge is 0.340 e. The molecule has 0 spiro atoms. The molecule has 3 N–H and O–H groups in total. The topological polar surface area (TPSA) is 98.8 Å². The summed E-state index contributed by atoms with van der Waals surface area (Å²) in [4.78, 5) is 24.1. The van der Waals surface area contributed by atoms with Crippen LogP contribution in [-0.4, -0.2) is 44.2 Å². The zero-order valence-electron chi connectivity index (χ0n) is 19.0. The first-order chi connectivity index (χ1) is 16.7. The van der Waals surface area contributed by atoms with Crippen molar-refractivity contribution >= 4 is 45.0 Å². The van der Waals surface area contributed by atoms with Crippen LogP contribution in [0, 0.1) is 0 Å². The van der Waals surface area contributed by atoms with Gasteiger partial charge in [-0.2, -0.15) is 5.10 Å². The van der Waals surface area contributed by atoms with Crippen LogP contribution in [0.5, 0.6) is 0 Å². The lowest BCUT2D eigenvalue weighted by atomic mass is 10.1. The van der Waals surface area contributed by atoms with Crippen molar-refractivity contribution < 1.29 is 4.79 Å². The number of para-hydroxylation sites is 2. The second-order valence-electron chi connectivity index (χ2n) is 7.86. The Morgan fingerprint density at radius 1 is 0.971 bits per heavy atom. The fourth-order valence-corrected chi connectivity index (χ4v) is 3.94. The molecule has 0 atom stereocenters. The van der Waals surface area contributed by atoms with Gasteiger partial charge in [0, 0.05) is 35.1 Å². The lowest BCUT2D eigenvalue weighted by Gasteiger charge is -2.20. The number of nitrogens with one attached hydrogen (secondary N) is 3. The van der Waals surface area contributed by atoms with Gasteiger partial charge in [-0.3, -0.25) is 5.10 Å². The molecule has 34 heavy (non-hydrogen) atoms. The van der Waals surface area contributed by atoms with Gasteiger partial charge in [0.1, 0.15) is 5.82 Å². The molecule has 0 radical (unpaired) electrons. The van der Waals surface area contributed by atoms with Crippen molar-refractivity contribution in [2.24, 2.45) is 0 Å². The minimum Gasteiger partial charge on any atom is -0.340 e. The molecule has 0 saturated carbocycles. The molecule has 0 saturated heterocycles. The number of nitrogens with zero attached hydrogens (tertiary/aromatic N) is 4. The monoisotopic (exact) mass is 451 g/mol. The van der Waals surface area contributed by atoms with Crippen molar-refractivity contribution in [3.05, 3.63) is 72.9 Å². The molecule has 5 aromatic rings. The summed E-state index contributed by atoms with van der Waals surface area (Å²) in [5.41, 5.74) is 4.09. The van der Waals surface area contributed by atoms with Gasteiger partial charge in [0.05, 0.1) is 22.9 Å². The van der Waals surface area contributed by atoms with E-state index in [2.05, 4.69) is 20.8 Å². The summed E-state index contributed by atoms with van der Waals surface area (Å²) in [5.74, 6) is 1.22. The Labute approximate surface area is 197 Å². The van der Waals surface area contributed by atoms with Gasteiger partial charge >= 0.3 is 6.03 Å². The summed E-state index contributed by atoms with van der Waals surface area (Å²) in [5, 5.41) is 15.4. The number of carbonyl (C=O) groups is 1. The standard InChI is InChI=1S/C26H25N7O/c1-3-33(4-2)26(34)30-23-12-8-6-10-20(23)25-29-22-11-7-5-9-19(22)24(31-25)28-18-13-14-21-17(15-18)16-27-32-21/h5-16H,3-4H2,1-2H3,(H,27,32)(H,30,34)(H,28,29,31). The second-order valence-corrected chi connectivity index (χ2v) is 7.86. The Kier molecular flexibility index (Phi) is 5.78. The molecule has 170 valence electrons. The predicted molar refractivity (Wildman–Crippen MR) is 136 cm³/mol. The molecular weight excluding hydrogens is 426 g/mol. The number of rotatable bonds is 6. The van der Waals surface area contributed by atoms with E-state index in [0.717, 1.165) is 33.1 Å². The van der Waals surface area contributed by atoms with Crippen LogP contribution in [0.15, 0.2) is 72.9 Å². The zero-order valence-corrected chi connectivity index (χ0v) is 19.0. The van der Waals surface area contributed by atoms with Crippen LogP contribution in [0.3, 0.4) is 0 Å². The van der Waals surface area contributed by atoms with Crippen LogP contribution < -0.4 is 10.6 Å². The van der Waals surface area contributed by atoms with Gasteiger partial charge in [-0.05, 0) is 56.3 Å². The molecule has 0 fully saturated rings. The minimum atomic E-state index is -0.148. The first kappa shape index (κ1) is 21.4. The van der Waals surface area contributed by atoms with E-state index in [1.807, 2.05) is 80.6 Å². The lowest BCUT2D eigenvalue weighted by Crippen LogP contribution is -2.34. The van der Waals surface area contributed by atoms with Crippen LogP contribution in [0.4, 0.5) is 22.0 Å². The third kappa shape index (κ3) is 4.13. The molecule has 0 unspecified atom stereocenters. The third-order valence-corrected chi connectivity index (χ3v) is 5.77. The van der Waals surface area contributed by atoms with Crippen molar-refractivity contribution in [3.8, 4) is 11.4 Å². The highest BCUT2D eigenvalue weighted by molar-refractivity contribution is 5.96. The summed E-state index contributed by atoms with van der Waals surface area (Å²) in [7, 11) is 0. The normalized spacial score (nSPS) is 11.0. The number of anilines is 3. The SMILES string of the molecule is CCN(CC)C(=O)Nc1ccccc1-c1nc(Nc2ccc3[nH]ncc3c2)c2ccccc2n1. The molecule has 3 aromatic carbocycles. The summed E-state index contributed by atoms with van der Waals surface area (Å²) >= 11 is 0. The number of H-pyrrole nitrogens is 1. The predicted octanol–water partition coefficient (Wildman–Crippen LogP) is 5.79. The molecule has 2 aromatic heterocycles. The Morgan fingerprint density at radius 3 is 2.62 bits per heavy atom. The lowest BCUT2D eigenvalue weighted by molar-refractivity contribution is 0.217. The molecule has 0 aliphatic heterocycles. The van der Waals surface area contributed by atoms with Crippen LogP contribution in [0.2, 0.25) is 0 Å². The van der Waals surface area contributed by atoms with E-state index < -0.39 is 0 Å². The fraction of sp³-hybridized carbons (Fsp3) is 0.154. The number of hydrogen-bond acceptors (Lipinski definition) is 5. The number of aromatic nitrogens is 4. The smallest absolute Gasteiger partial charge is 0.321 e. The van der Waals surface area contributed by atoms with E-state index in [9.17, 15) is 4.79 Å². The van der Waals surface area contributed by atoms with Crippen molar-refractivity contribution in [2.45, 2.75) is 13.8 Å². The maximum absolute atomic E-state index is 12.7. The van der Waals surface area contributed by atoms with Crippen molar-refractivity contribution in [3.63, 3.8) is 0 Å². The molecule has 2 amide bonds. The number of hydrogen-bond donors (Lipinski definition) is 3. The molecule has 8 heteroatoms. The minimum absolute atomic E-state index is 0.148. The maximum Gasteiger partial charge on any atom is 0.321 e. The molecule has 8 nitrogen and oxygen atoms in total. The van der Waals surface area contributed by atoms with E-state index in [0.29, 0.717) is 30.4 Å². The number of carbonyl (C=O) groups excluding carboxylic acids is 1. The number of aromatic amines is 1. The van der Waals surface area contributed by atoms with E-state index in [4.69, 9.17) is 9.97 Å². The molecular formula is C26H25N7O. The third-order valence-electron chi connectivity index (χ3n) is 5.77. The first-order valence-corrected chi connectivity index (χ1v) is 11.3. The summed E-state index contributed by atoms with van der Waals surface area (Å²) in [6.07, 6.45) is 1.79. The fourth-order valence-electron chi connectivity index (χ4n) is 3.94. The highest BCUT2D eigenvalue weighted by Crippen LogP contribution is 2.31. The van der Waals surface area contributed by atoms with Crippen LogP contribution in [0.25, 0.3) is 33.2 Å². The number of urea groups is 1.